The summed E-state index contributed by atoms with van der Waals surface area (Å²) in [7, 11) is -3.89. The molecule has 8 heteroatoms. The Bertz CT molecular complexity index is 1220. The van der Waals surface area contributed by atoms with Gasteiger partial charge in [-0.2, -0.15) is 0 Å². The Kier molecular flexibility index (Phi) is 6.41. The van der Waals surface area contributed by atoms with Gasteiger partial charge in [-0.15, -0.1) is 0 Å². The highest BCUT2D eigenvalue weighted by Crippen LogP contribution is 2.25. The molecule has 0 bridgehead atoms. The highest BCUT2D eigenvalue weighted by molar-refractivity contribution is 7.92. The molecule has 0 fully saturated rings. The van der Waals surface area contributed by atoms with Crippen LogP contribution in [0.3, 0.4) is 0 Å². The van der Waals surface area contributed by atoms with Crippen molar-refractivity contribution in [2.75, 3.05) is 10.0 Å². The van der Waals surface area contributed by atoms with Gasteiger partial charge in [0.05, 0.1) is 4.90 Å². The fourth-order valence-electron chi connectivity index (χ4n) is 2.88. The Hall–Kier alpha value is -2.54. The Morgan fingerprint density at radius 1 is 0.767 bits per heavy atom. The molecule has 0 atom stereocenters. The number of anilines is 2. The lowest BCUT2D eigenvalue weighted by Gasteiger charge is -2.13. The number of halogens is 2. The van der Waals surface area contributed by atoms with Crippen LogP contribution in [-0.2, 0) is 10.0 Å². The zero-order valence-corrected chi connectivity index (χ0v) is 18.9. The fourth-order valence-corrected chi connectivity index (χ4v) is 4.72. The van der Waals surface area contributed by atoms with Gasteiger partial charge in [0.2, 0.25) is 0 Å². The van der Waals surface area contributed by atoms with Crippen LogP contribution in [0.2, 0.25) is 10.0 Å². The number of hydrogen-bond donors (Lipinski definition) is 2. The maximum absolute atomic E-state index is 13.0. The summed E-state index contributed by atoms with van der Waals surface area (Å²) in [6.07, 6.45) is 0. The van der Waals surface area contributed by atoms with Gasteiger partial charge in [-0.3, -0.25) is 9.52 Å². The largest absolute Gasteiger partial charge is 0.322 e. The van der Waals surface area contributed by atoms with Crippen LogP contribution in [0, 0.1) is 20.8 Å². The molecule has 3 aromatic carbocycles. The summed E-state index contributed by atoms with van der Waals surface area (Å²) in [4.78, 5) is 12.7. The minimum Gasteiger partial charge on any atom is -0.322 e. The average Bonchev–Trinajstić information content (AvgIpc) is 2.63. The van der Waals surface area contributed by atoms with E-state index in [1.165, 1.54) is 6.07 Å². The lowest BCUT2D eigenvalue weighted by atomic mass is 10.1. The van der Waals surface area contributed by atoms with Crippen molar-refractivity contribution in [3.05, 3.63) is 86.9 Å². The third-order valence-electron chi connectivity index (χ3n) is 4.62. The van der Waals surface area contributed by atoms with E-state index in [2.05, 4.69) is 10.0 Å². The maximum atomic E-state index is 13.0. The van der Waals surface area contributed by atoms with Gasteiger partial charge in [0, 0.05) is 27.0 Å². The molecular weight excluding hydrogens is 443 g/mol. The van der Waals surface area contributed by atoms with E-state index < -0.39 is 15.9 Å². The zero-order chi connectivity index (χ0) is 22.1. The molecule has 0 saturated heterocycles. The van der Waals surface area contributed by atoms with Crippen molar-refractivity contribution in [2.45, 2.75) is 25.7 Å². The summed E-state index contributed by atoms with van der Waals surface area (Å²) in [6, 6.07) is 14.5. The van der Waals surface area contributed by atoms with Crippen molar-refractivity contribution in [1.29, 1.82) is 0 Å². The number of rotatable bonds is 5. The number of nitrogens with one attached hydrogen (secondary N) is 2. The first-order chi connectivity index (χ1) is 14.0. The van der Waals surface area contributed by atoms with E-state index in [-0.39, 0.29) is 10.5 Å². The van der Waals surface area contributed by atoms with Gasteiger partial charge in [-0.1, -0.05) is 35.3 Å². The summed E-state index contributed by atoms with van der Waals surface area (Å²) in [5.41, 5.74) is 3.62. The third-order valence-corrected chi connectivity index (χ3v) is 6.58. The molecule has 3 rings (SSSR count). The van der Waals surface area contributed by atoms with Gasteiger partial charge in [-0.05, 0) is 79.9 Å². The van der Waals surface area contributed by atoms with Crippen LogP contribution in [0.5, 0.6) is 0 Å². The van der Waals surface area contributed by atoms with Crippen LogP contribution in [0.15, 0.2) is 59.5 Å². The molecule has 0 heterocycles. The molecule has 2 N–H and O–H groups in total. The standard InChI is InChI=1S/C22H20Cl2N2O3S/c1-13-5-7-19(8-15(13)3)26-30(28,29)21-9-16(6-4-14(21)2)22(27)25-20-11-17(23)10-18(24)12-20/h4-12,26H,1-3H3,(H,25,27). The predicted molar refractivity (Wildman–Crippen MR) is 122 cm³/mol. The van der Waals surface area contributed by atoms with Crippen molar-refractivity contribution >= 4 is 50.5 Å². The van der Waals surface area contributed by atoms with E-state index in [4.69, 9.17) is 23.2 Å². The molecule has 30 heavy (non-hydrogen) atoms. The fraction of sp³-hybridized carbons (Fsp3) is 0.136. The molecule has 0 aromatic heterocycles. The van der Waals surface area contributed by atoms with Crippen LogP contribution in [0.1, 0.15) is 27.0 Å². The second-order valence-electron chi connectivity index (χ2n) is 7.00. The summed E-state index contributed by atoms with van der Waals surface area (Å²) < 4.78 is 28.5. The summed E-state index contributed by atoms with van der Waals surface area (Å²) in [5.74, 6) is -0.476. The molecule has 0 aliphatic carbocycles. The minimum atomic E-state index is -3.89. The van der Waals surface area contributed by atoms with Gasteiger partial charge < -0.3 is 5.32 Å². The first-order valence-corrected chi connectivity index (χ1v) is 11.3. The van der Waals surface area contributed by atoms with Gasteiger partial charge in [0.25, 0.3) is 15.9 Å². The zero-order valence-electron chi connectivity index (χ0n) is 16.6. The van der Waals surface area contributed by atoms with Crippen LogP contribution in [0.4, 0.5) is 11.4 Å². The minimum absolute atomic E-state index is 0.0255. The smallest absolute Gasteiger partial charge is 0.262 e. The van der Waals surface area contributed by atoms with Gasteiger partial charge in [0.1, 0.15) is 0 Å². The van der Waals surface area contributed by atoms with E-state index in [0.29, 0.717) is 27.0 Å². The maximum Gasteiger partial charge on any atom is 0.262 e. The SMILES string of the molecule is Cc1ccc(NS(=O)(=O)c2cc(C(=O)Nc3cc(Cl)cc(Cl)c3)ccc2C)cc1C. The second kappa shape index (κ2) is 8.68. The molecule has 1 amide bonds. The van der Waals surface area contributed by atoms with Gasteiger partial charge in [0.15, 0.2) is 0 Å². The quantitative estimate of drug-likeness (QED) is 0.490. The van der Waals surface area contributed by atoms with Gasteiger partial charge >= 0.3 is 0 Å². The molecule has 156 valence electrons. The molecule has 0 saturated carbocycles. The van der Waals surface area contributed by atoms with E-state index in [0.717, 1.165) is 11.1 Å². The average molecular weight is 463 g/mol. The first-order valence-electron chi connectivity index (χ1n) is 9.03. The first kappa shape index (κ1) is 22.2. The van der Waals surface area contributed by atoms with Crippen molar-refractivity contribution in [2.24, 2.45) is 0 Å². The highest BCUT2D eigenvalue weighted by atomic mass is 35.5. The van der Waals surface area contributed by atoms with Crippen molar-refractivity contribution in [3.8, 4) is 0 Å². The second-order valence-corrected chi connectivity index (χ2v) is 9.52. The van der Waals surface area contributed by atoms with Crippen molar-refractivity contribution in [1.82, 2.24) is 0 Å². The van der Waals surface area contributed by atoms with Crippen LogP contribution >= 0.6 is 23.2 Å². The molecule has 0 aliphatic heterocycles. The van der Waals surface area contributed by atoms with Gasteiger partial charge in [-0.25, -0.2) is 8.42 Å². The van der Waals surface area contributed by atoms with Crippen molar-refractivity contribution < 1.29 is 13.2 Å². The number of amides is 1. The van der Waals surface area contributed by atoms with Crippen LogP contribution in [0.25, 0.3) is 0 Å². The lowest BCUT2D eigenvalue weighted by Crippen LogP contribution is -2.17. The molecule has 0 spiro atoms. The van der Waals surface area contributed by atoms with E-state index in [1.54, 1.807) is 49.4 Å². The number of carbonyl (C=O) groups is 1. The topological polar surface area (TPSA) is 75.3 Å². The number of aryl methyl sites for hydroxylation is 3. The Morgan fingerprint density at radius 2 is 1.40 bits per heavy atom. The number of benzene rings is 3. The summed E-state index contributed by atoms with van der Waals surface area (Å²) in [6.45, 7) is 5.53. The molecule has 0 radical (unpaired) electrons. The summed E-state index contributed by atoms with van der Waals surface area (Å²) in [5, 5.41) is 3.43. The number of hydrogen-bond acceptors (Lipinski definition) is 3. The normalized spacial score (nSPS) is 11.2. The Labute approximate surface area is 186 Å². The van der Waals surface area contributed by atoms with E-state index in [9.17, 15) is 13.2 Å². The Balaban J connectivity index is 1.89. The Morgan fingerprint density at radius 3 is 2.03 bits per heavy atom. The van der Waals surface area contributed by atoms with Crippen molar-refractivity contribution in [3.63, 3.8) is 0 Å². The van der Waals surface area contributed by atoms with Crippen LogP contribution in [-0.4, -0.2) is 14.3 Å². The van der Waals surface area contributed by atoms with Crippen LogP contribution < -0.4 is 10.0 Å². The predicted octanol–water partition coefficient (Wildman–Crippen LogP) is 5.97. The highest BCUT2D eigenvalue weighted by Gasteiger charge is 2.20. The monoisotopic (exact) mass is 462 g/mol. The molecule has 0 unspecified atom stereocenters. The summed E-state index contributed by atoms with van der Waals surface area (Å²) >= 11 is 11.9. The molecule has 0 aliphatic rings. The number of carbonyl (C=O) groups excluding carboxylic acids is 1. The lowest BCUT2D eigenvalue weighted by molar-refractivity contribution is 0.102. The van der Waals surface area contributed by atoms with E-state index in [1.807, 2.05) is 19.9 Å². The molecule has 3 aromatic rings. The third kappa shape index (κ3) is 5.14. The molecule has 5 nitrogen and oxygen atoms in total. The van der Waals surface area contributed by atoms with E-state index >= 15 is 0 Å². The molecular formula is C22H20Cl2N2O3S. The number of sulfonamides is 1.